The molecule has 0 spiro atoms. The van der Waals surface area contributed by atoms with Crippen LogP contribution in [0.1, 0.15) is 22.5 Å². The summed E-state index contributed by atoms with van der Waals surface area (Å²) in [7, 11) is 0. The molecule has 2 aliphatic rings. The molecular formula is C25H22N6O2S. The van der Waals surface area contributed by atoms with Crippen LogP contribution in [-0.2, 0) is 0 Å². The number of hydrogen-bond acceptors (Lipinski definition) is 6. The highest BCUT2D eigenvalue weighted by Crippen LogP contribution is 2.46. The van der Waals surface area contributed by atoms with Crippen molar-refractivity contribution in [2.75, 3.05) is 23.3 Å². The molecule has 0 radical (unpaired) electrons. The monoisotopic (exact) mass is 470 g/mol. The number of thiophene rings is 1. The van der Waals surface area contributed by atoms with Gasteiger partial charge in [-0.3, -0.25) is 14.7 Å². The van der Waals surface area contributed by atoms with Crippen LogP contribution in [0.25, 0.3) is 21.3 Å². The molecule has 1 atom stereocenters. The lowest BCUT2D eigenvalue weighted by molar-refractivity contribution is 0.0935. The second-order valence-corrected chi connectivity index (χ2v) is 9.38. The summed E-state index contributed by atoms with van der Waals surface area (Å²) in [5.41, 5.74) is 3.98. The first-order chi connectivity index (χ1) is 16.7. The Morgan fingerprint density at radius 1 is 1.12 bits per heavy atom. The molecule has 34 heavy (non-hydrogen) atoms. The predicted octanol–water partition coefficient (Wildman–Crippen LogP) is 4.52. The Morgan fingerprint density at radius 3 is 2.82 bits per heavy atom. The van der Waals surface area contributed by atoms with Crippen molar-refractivity contribution in [1.29, 1.82) is 0 Å². The number of piperidine rings is 1. The minimum atomic E-state index is -0.307. The SMILES string of the molecule is O=C(NC1CCCNC1)c1sc2nccc3c2c1NC(=O)N3c1cccc(-c2ccncc2)c1. The highest BCUT2D eigenvalue weighted by molar-refractivity contribution is 7.21. The summed E-state index contributed by atoms with van der Waals surface area (Å²) in [5, 5.41) is 10.2. The molecule has 1 saturated heterocycles. The second-order valence-electron chi connectivity index (χ2n) is 8.38. The zero-order valence-corrected chi connectivity index (χ0v) is 19.1. The Kier molecular flexibility index (Phi) is 5.20. The quantitative estimate of drug-likeness (QED) is 0.407. The van der Waals surface area contributed by atoms with Gasteiger partial charge in [-0.1, -0.05) is 12.1 Å². The molecule has 4 aromatic rings. The molecule has 5 heterocycles. The lowest BCUT2D eigenvalue weighted by atomic mass is 10.1. The van der Waals surface area contributed by atoms with Gasteiger partial charge in [-0.15, -0.1) is 11.3 Å². The van der Waals surface area contributed by atoms with Gasteiger partial charge in [0, 0.05) is 31.2 Å². The third-order valence-corrected chi connectivity index (χ3v) is 7.30. The van der Waals surface area contributed by atoms with Gasteiger partial charge in [0.05, 0.1) is 22.4 Å². The van der Waals surface area contributed by atoms with Crippen LogP contribution < -0.4 is 20.9 Å². The van der Waals surface area contributed by atoms with Crippen molar-refractivity contribution in [3.63, 3.8) is 0 Å². The number of benzene rings is 1. The van der Waals surface area contributed by atoms with Gasteiger partial charge in [-0.05, 0) is 60.8 Å². The Balaban J connectivity index is 1.40. The molecule has 8 nitrogen and oxygen atoms in total. The lowest BCUT2D eigenvalue weighted by Gasteiger charge is -2.29. The molecule has 0 saturated carbocycles. The molecule has 170 valence electrons. The number of nitrogens with zero attached hydrogens (tertiary/aromatic N) is 3. The van der Waals surface area contributed by atoms with E-state index in [-0.39, 0.29) is 18.0 Å². The van der Waals surface area contributed by atoms with E-state index in [0.29, 0.717) is 16.3 Å². The Labute approximate surface area is 200 Å². The standard InChI is InChI=1S/C25H22N6O2S/c32-23(29-17-4-2-9-27-14-17)22-21-20-19(8-12-28-24(20)34-22)31(25(33)30-21)18-5-1-3-16(13-18)15-6-10-26-11-7-15/h1,3,5-8,10-13,17,27H,2,4,9,14H2,(H,29,32)(H,30,33). The van der Waals surface area contributed by atoms with Gasteiger partial charge in [0.15, 0.2) is 0 Å². The zero-order valence-electron chi connectivity index (χ0n) is 18.2. The van der Waals surface area contributed by atoms with E-state index in [4.69, 9.17) is 0 Å². The summed E-state index contributed by atoms with van der Waals surface area (Å²) in [6, 6.07) is 13.3. The summed E-state index contributed by atoms with van der Waals surface area (Å²) in [5.74, 6) is -0.175. The zero-order chi connectivity index (χ0) is 23.1. The van der Waals surface area contributed by atoms with Crippen molar-refractivity contribution in [2.45, 2.75) is 18.9 Å². The van der Waals surface area contributed by atoms with E-state index in [1.54, 1.807) is 23.5 Å². The molecule has 1 unspecified atom stereocenters. The summed E-state index contributed by atoms with van der Waals surface area (Å²) in [6.45, 7) is 1.73. The predicted molar refractivity (Wildman–Crippen MR) is 134 cm³/mol. The van der Waals surface area contributed by atoms with Crippen LogP contribution in [-0.4, -0.2) is 41.0 Å². The lowest BCUT2D eigenvalue weighted by Crippen LogP contribution is -2.45. The maximum Gasteiger partial charge on any atom is 0.331 e. The number of pyridine rings is 2. The fourth-order valence-electron chi connectivity index (χ4n) is 4.60. The average Bonchev–Trinajstić information content (AvgIpc) is 3.25. The maximum atomic E-state index is 13.4. The van der Waals surface area contributed by atoms with Crippen molar-refractivity contribution < 1.29 is 9.59 Å². The van der Waals surface area contributed by atoms with Crippen molar-refractivity contribution >= 4 is 50.6 Å². The third-order valence-electron chi connectivity index (χ3n) is 6.20. The number of aromatic nitrogens is 2. The summed E-state index contributed by atoms with van der Waals surface area (Å²) in [6.07, 6.45) is 7.14. The van der Waals surface area contributed by atoms with Crippen LogP contribution >= 0.6 is 11.3 Å². The van der Waals surface area contributed by atoms with E-state index in [1.165, 1.54) is 11.3 Å². The molecule has 0 aliphatic carbocycles. The fraction of sp³-hybridized carbons (Fsp3) is 0.200. The molecule has 3 aromatic heterocycles. The molecule has 2 aliphatic heterocycles. The first-order valence-corrected chi connectivity index (χ1v) is 12.1. The molecule has 6 rings (SSSR count). The Bertz CT molecular complexity index is 1400. The molecule has 3 N–H and O–H groups in total. The van der Waals surface area contributed by atoms with Gasteiger partial charge >= 0.3 is 6.03 Å². The second kappa shape index (κ2) is 8.51. The van der Waals surface area contributed by atoms with Crippen LogP contribution in [0.4, 0.5) is 21.9 Å². The number of anilines is 3. The number of hydrogen-bond donors (Lipinski definition) is 3. The van der Waals surface area contributed by atoms with Crippen LogP contribution in [0, 0.1) is 0 Å². The first kappa shape index (κ1) is 20.8. The average molecular weight is 471 g/mol. The van der Waals surface area contributed by atoms with Crippen LogP contribution in [0.2, 0.25) is 0 Å². The normalized spacial score (nSPS) is 17.5. The fourth-order valence-corrected chi connectivity index (χ4v) is 5.62. The van der Waals surface area contributed by atoms with Crippen LogP contribution in [0.5, 0.6) is 0 Å². The topological polar surface area (TPSA) is 99.2 Å². The minimum absolute atomic E-state index is 0.0813. The van der Waals surface area contributed by atoms with Gasteiger partial charge in [0.2, 0.25) is 0 Å². The van der Waals surface area contributed by atoms with Crippen molar-refractivity contribution in [3.05, 3.63) is 65.9 Å². The number of nitrogens with one attached hydrogen (secondary N) is 3. The first-order valence-electron chi connectivity index (χ1n) is 11.2. The maximum absolute atomic E-state index is 13.4. The van der Waals surface area contributed by atoms with E-state index < -0.39 is 0 Å². The molecule has 9 heteroatoms. The number of carbonyl (C=O) groups is 2. The van der Waals surface area contributed by atoms with Crippen LogP contribution in [0.3, 0.4) is 0 Å². The van der Waals surface area contributed by atoms with Crippen molar-refractivity contribution in [3.8, 4) is 11.1 Å². The summed E-state index contributed by atoms with van der Waals surface area (Å²) < 4.78 is 0. The minimum Gasteiger partial charge on any atom is -0.347 e. The Morgan fingerprint density at radius 2 is 2.00 bits per heavy atom. The molecule has 3 amide bonds. The summed E-state index contributed by atoms with van der Waals surface area (Å²) in [4.78, 5) is 37.9. The number of amides is 3. The smallest absolute Gasteiger partial charge is 0.331 e. The highest BCUT2D eigenvalue weighted by Gasteiger charge is 2.33. The molecular weight excluding hydrogens is 448 g/mol. The Hall–Kier alpha value is -3.82. The third kappa shape index (κ3) is 3.59. The van der Waals surface area contributed by atoms with E-state index in [0.717, 1.165) is 53.0 Å². The van der Waals surface area contributed by atoms with Gasteiger partial charge in [-0.2, -0.15) is 0 Å². The number of carbonyl (C=O) groups excluding carboxylic acids is 2. The molecule has 1 aromatic carbocycles. The van der Waals surface area contributed by atoms with Gasteiger partial charge in [0.1, 0.15) is 9.71 Å². The highest BCUT2D eigenvalue weighted by atomic mass is 32.1. The van der Waals surface area contributed by atoms with Crippen molar-refractivity contribution in [2.24, 2.45) is 0 Å². The molecule has 0 bridgehead atoms. The largest absolute Gasteiger partial charge is 0.347 e. The van der Waals surface area contributed by atoms with E-state index >= 15 is 0 Å². The van der Waals surface area contributed by atoms with Crippen LogP contribution in [0.15, 0.2) is 61.1 Å². The van der Waals surface area contributed by atoms with E-state index in [1.807, 2.05) is 42.5 Å². The molecule has 1 fully saturated rings. The number of rotatable bonds is 4. The van der Waals surface area contributed by atoms with Crippen molar-refractivity contribution in [1.82, 2.24) is 20.6 Å². The van der Waals surface area contributed by atoms with Gasteiger partial charge in [0.25, 0.3) is 5.91 Å². The van der Waals surface area contributed by atoms with E-state index in [9.17, 15) is 9.59 Å². The summed E-state index contributed by atoms with van der Waals surface area (Å²) >= 11 is 1.31. The number of urea groups is 1. The van der Waals surface area contributed by atoms with Gasteiger partial charge < -0.3 is 16.0 Å². The van der Waals surface area contributed by atoms with E-state index in [2.05, 4.69) is 25.9 Å². The van der Waals surface area contributed by atoms with Gasteiger partial charge in [-0.25, -0.2) is 9.78 Å².